The Morgan fingerprint density at radius 1 is 0.538 bits per heavy atom. The molecule has 2 aliphatic rings. The van der Waals surface area contributed by atoms with E-state index in [9.17, 15) is 116 Å². The molecule has 0 saturated carbocycles. The van der Waals surface area contributed by atoms with Gasteiger partial charge in [0, 0.05) is 75.2 Å². The lowest BCUT2D eigenvalue weighted by Gasteiger charge is -2.30. The van der Waals surface area contributed by atoms with Crippen LogP contribution in [0.2, 0.25) is 0 Å². The van der Waals surface area contributed by atoms with Crippen LogP contribution in [0.25, 0.3) is 22.3 Å². The van der Waals surface area contributed by atoms with Crippen molar-refractivity contribution in [3.8, 4) is 0 Å². The topological polar surface area (TPSA) is 785 Å². The van der Waals surface area contributed by atoms with Gasteiger partial charge < -0.3 is 112 Å². The van der Waals surface area contributed by atoms with Crippen LogP contribution in [0.5, 0.6) is 0 Å². The van der Waals surface area contributed by atoms with E-state index < -0.39 is 175 Å². The zero-order chi connectivity index (χ0) is 80.3. The van der Waals surface area contributed by atoms with E-state index in [1.165, 1.54) is 41.5 Å². The second-order valence-electron chi connectivity index (χ2n) is 23.1. The van der Waals surface area contributed by atoms with Gasteiger partial charge in [0.2, 0.25) is 23.6 Å². The van der Waals surface area contributed by atoms with Gasteiger partial charge in [-0.15, -0.1) is 0 Å². The molecular weight excluding hydrogens is 1600 g/mol. The third-order valence-corrected chi connectivity index (χ3v) is 21.4. The molecule has 4 aromatic rings. The number of phosphoric acid groups is 6. The maximum absolute atomic E-state index is 12.6. The number of thioether (sulfide) groups is 2. The number of aliphatic hydroxyl groups excluding tert-OH is 4. The Bertz CT molecular complexity index is 3770. The standard InChI is InChI=1S/2C23H38N7O17P3S.CH2O3/c2*1-12(31)51-7-6-25-14(32)4-5-26-21(35)18(34)23(2,3)9-44-50(41,42)47-49(39,40)43-8-13-17(46-48(36,37)38)16(33)22(45-13)30-11-29-15-19(24)27-10-28-20(15)30;2-1(3)4/h2*10-11,13,16-18,22,33-34H,4-9H2,1-3H3,(H,25,32)(H,26,35)(H,39,40)(H,41,42)(H2,24,27,28)(H2,36,37,38);(H2,2,3,4)/t2*13-,16-,17-,18?,22-;/m11./s1. The van der Waals surface area contributed by atoms with E-state index in [0.717, 1.165) is 58.0 Å². The van der Waals surface area contributed by atoms with E-state index in [4.69, 9.17) is 54.0 Å². The maximum Gasteiger partial charge on any atom is 0.503 e. The van der Waals surface area contributed by atoms with Crippen molar-refractivity contribution < 1.29 is 176 Å². The first kappa shape index (κ1) is 92.8. The zero-order valence-electron chi connectivity index (χ0n) is 56.0. The molecule has 0 aromatic carbocycles. The second kappa shape index (κ2) is 39.8. The van der Waals surface area contributed by atoms with Crippen molar-refractivity contribution in [3.05, 3.63) is 25.3 Å². The summed E-state index contributed by atoms with van der Waals surface area (Å²) in [4.78, 5) is 180. The highest BCUT2D eigenvalue weighted by Crippen LogP contribution is 2.63. The number of amides is 4. The van der Waals surface area contributed by atoms with Crippen LogP contribution in [0, 0.1) is 10.8 Å². The van der Waals surface area contributed by atoms with Crippen molar-refractivity contribution in [2.75, 3.05) is 75.6 Å². The molecule has 0 aliphatic carbocycles. The molecule has 14 atom stereocenters. The molecule has 51 nitrogen and oxygen atoms in total. The summed E-state index contributed by atoms with van der Waals surface area (Å²) in [5, 5.41) is 66.1. The monoisotopic (exact) mass is 1680 g/mol. The normalized spacial score (nSPS) is 22.0. The van der Waals surface area contributed by atoms with Crippen LogP contribution in [-0.2, 0) is 101 Å². The van der Waals surface area contributed by atoms with Crippen molar-refractivity contribution in [2.24, 2.45) is 10.8 Å². The average Bonchev–Trinajstić information content (AvgIpc) is 1.62. The number of hydrogen-bond donors (Lipinski definition) is 20. The van der Waals surface area contributed by atoms with E-state index in [1.807, 2.05) is 0 Å². The van der Waals surface area contributed by atoms with Crippen LogP contribution in [0.15, 0.2) is 25.3 Å². The predicted molar refractivity (Wildman–Crippen MR) is 356 cm³/mol. The summed E-state index contributed by atoms with van der Waals surface area (Å²) in [6.45, 7) is 3.80. The second-order valence-corrected chi connectivity index (χ2v) is 34.1. The predicted octanol–water partition coefficient (Wildman–Crippen LogP) is -2.41. The number of carboxylic acid groups (broad SMARTS) is 2. The summed E-state index contributed by atoms with van der Waals surface area (Å²) in [6.07, 6.45) is -15.6. The molecule has 6 heterocycles. The van der Waals surface area contributed by atoms with Gasteiger partial charge in [-0.1, -0.05) is 51.2 Å². The summed E-state index contributed by atoms with van der Waals surface area (Å²) in [5.74, 6) is -2.17. The van der Waals surface area contributed by atoms with Gasteiger partial charge in [0.05, 0.1) is 39.1 Å². The lowest BCUT2D eigenvalue weighted by atomic mass is 9.87. The first-order chi connectivity index (χ1) is 48.8. The van der Waals surface area contributed by atoms with Crippen LogP contribution in [0.4, 0.5) is 16.4 Å². The van der Waals surface area contributed by atoms with Crippen LogP contribution < -0.4 is 32.7 Å². The molecule has 2 fully saturated rings. The zero-order valence-corrected chi connectivity index (χ0v) is 63.0. The molecule has 4 aromatic heterocycles. The molecule has 2 aliphatic heterocycles. The number of ether oxygens (including phenoxy) is 2. The number of carbonyl (C=O) groups excluding carboxylic acids is 6. The minimum Gasteiger partial charge on any atom is -0.450 e. The van der Waals surface area contributed by atoms with E-state index in [0.29, 0.717) is 11.5 Å². The number of rotatable bonds is 38. The van der Waals surface area contributed by atoms with Gasteiger partial charge >= 0.3 is 53.1 Å². The molecule has 6 unspecified atom stereocenters. The molecule has 0 radical (unpaired) electrons. The number of anilines is 2. The summed E-state index contributed by atoms with van der Waals surface area (Å²) in [5.41, 5.74) is 8.52. The van der Waals surface area contributed by atoms with Crippen LogP contribution in [0.1, 0.15) is 66.8 Å². The van der Waals surface area contributed by atoms with E-state index >= 15 is 0 Å². The lowest BCUT2D eigenvalue weighted by molar-refractivity contribution is -0.137. The first-order valence-corrected chi connectivity index (χ1v) is 40.7. The number of nitrogen functional groups attached to an aromatic ring is 2. The summed E-state index contributed by atoms with van der Waals surface area (Å²) >= 11 is 2.05. The number of aromatic nitrogens is 8. The number of imidazole rings is 2. The molecule has 59 heteroatoms. The molecule has 106 heavy (non-hydrogen) atoms. The maximum atomic E-state index is 12.6. The molecular formula is C47H78N14O37P6S2. The smallest absolute Gasteiger partial charge is 0.450 e. The molecule has 0 bridgehead atoms. The SMILES string of the molecule is CC(=O)SCCNC(=O)CCNC(=O)C(O)C(C)(C)COP(=O)(O)OP(=O)(O)OC[C@H]1O[C@@H](n2cnc3c(N)ncnc32)[C@H](O)[C@@H]1OP(=O)(O)O.CC(=O)SCCNC(=O)CCNC(=O)C(O)C(C)(C)COP(=O)(O)OP(=O)(O)OC[C@H]1O[C@@H](n2cnc3c(N)ncnc32)[C@H](O)[C@@H]1OP(=O)(O)O.O=C(O)O. The quantitative estimate of drug-likeness (QED) is 0.0164. The summed E-state index contributed by atoms with van der Waals surface area (Å²) in [6, 6.07) is 0. The number of nitrogens with two attached hydrogens (primary N) is 2. The molecule has 22 N–H and O–H groups in total. The number of carbonyl (C=O) groups is 7. The van der Waals surface area contributed by atoms with Gasteiger partial charge in [-0.3, -0.25) is 65.0 Å². The van der Waals surface area contributed by atoms with Crippen molar-refractivity contribution in [2.45, 2.75) is 116 Å². The molecule has 600 valence electrons. The number of nitrogens with zero attached hydrogens (tertiary/aromatic N) is 8. The highest BCUT2D eigenvalue weighted by atomic mass is 32.2. The van der Waals surface area contributed by atoms with Crippen molar-refractivity contribution >= 4 is 144 Å². The highest BCUT2D eigenvalue weighted by molar-refractivity contribution is 8.13. The van der Waals surface area contributed by atoms with Crippen LogP contribution in [-0.4, -0.2) is 262 Å². The van der Waals surface area contributed by atoms with Crippen LogP contribution >= 0.6 is 70.5 Å². The Morgan fingerprint density at radius 2 is 0.858 bits per heavy atom. The Kier molecular flexibility index (Phi) is 34.9. The molecule has 0 spiro atoms. The minimum atomic E-state index is -5.56. The van der Waals surface area contributed by atoms with Crippen LogP contribution in [0.3, 0.4) is 0 Å². The van der Waals surface area contributed by atoms with E-state index in [-0.39, 0.29) is 83.2 Å². The summed E-state index contributed by atoms with van der Waals surface area (Å²) in [7, 11) is -32.7. The van der Waals surface area contributed by atoms with E-state index in [1.54, 1.807) is 0 Å². The third kappa shape index (κ3) is 30.7. The van der Waals surface area contributed by atoms with Gasteiger partial charge in [0.15, 0.2) is 45.6 Å². The van der Waals surface area contributed by atoms with Gasteiger partial charge in [-0.05, 0) is 0 Å². The number of nitrogens with one attached hydrogen (secondary N) is 4. The number of phosphoric ester groups is 6. The number of fused-ring (bicyclic) bond motifs is 2. The third-order valence-electron chi connectivity index (χ3n) is 13.6. The van der Waals surface area contributed by atoms with Crippen molar-refractivity contribution in [1.82, 2.24) is 60.3 Å². The van der Waals surface area contributed by atoms with Crippen molar-refractivity contribution in [1.29, 1.82) is 0 Å². The Morgan fingerprint density at radius 3 is 1.17 bits per heavy atom. The van der Waals surface area contributed by atoms with Gasteiger partial charge in [0.25, 0.3) is 0 Å². The fraction of sp³-hybridized carbons (Fsp3) is 0.638. The first-order valence-electron chi connectivity index (χ1n) is 29.7. The lowest BCUT2D eigenvalue weighted by Crippen LogP contribution is -2.46. The average molecular weight is 1680 g/mol. The van der Waals surface area contributed by atoms with Gasteiger partial charge in [-0.2, -0.15) is 8.62 Å². The Hall–Kier alpha value is -5.61. The Labute approximate surface area is 605 Å². The number of aliphatic hydroxyl groups is 4. The largest absolute Gasteiger partial charge is 0.503 e. The molecule has 6 rings (SSSR count). The highest BCUT2D eigenvalue weighted by Gasteiger charge is 2.52. The molecule has 2 saturated heterocycles. The van der Waals surface area contributed by atoms with Gasteiger partial charge in [-0.25, -0.2) is 62.1 Å². The summed E-state index contributed by atoms with van der Waals surface area (Å²) < 4.78 is 124. The fourth-order valence-corrected chi connectivity index (χ4v) is 15.3. The van der Waals surface area contributed by atoms with Crippen molar-refractivity contribution in [3.63, 3.8) is 0 Å². The Balaban J connectivity index is 0.000000427. The van der Waals surface area contributed by atoms with Gasteiger partial charge in [0.1, 0.15) is 72.5 Å². The molecule has 4 amide bonds. The number of hydrogen-bond acceptors (Lipinski definition) is 37. The minimum absolute atomic E-state index is 0.0310. The van der Waals surface area contributed by atoms with E-state index in [2.05, 4.69) is 68.8 Å². The fourth-order valence-electron chi connectivity index (χ4n) is 8.65.